The lowest BCUT2D eigenvalue weighted by Gasteiger charge is -2.19. The zero-order valence-corrected chi connectivity index (χ0v) is 22.4. The van der Waals surface area contributed by atoms with Gasteiger partial charge in [-0.15, -0.1) is 0 Å². The van der Waals surface area contributed by atoms with E-state index in [1.165, 1.54) is 24.3 Å². The Hall–Kier alpha value is -3.42. The lowest BCUT2D eigenvalue weighted by atomic mass is 10.0. The first-order valence-corrected chi connectivity index (χ1v) is 13.4. The third-order valence-electron chi connectivity index (χ3n) is 6.94. The van der Waals surface area contributed by atoms with Crippen LogP contribution < -0.4 is 5.32 Å². The van der Waals surface area contributed by atoms with Crippen molar-refractivity contribution in [1.29, 1.82) is 0 Å². The van der Waals surface area contributed by atoms with Crippen molar-refractivity contribution >= 4 is 22.9 Å². The molecule has 2 heterocycles. The van der Waals surface area contributed by atoms with E-state index < -0.39 is 11.7 Å². The summed E-state index contributed by atoms with van der Waals surface area (Å²) >= 11 is 0. The van der Waals surface area contributed by atoms with Gasteiger partial charge in [0, 0.05) is 42.7 Å². The Bertz CT molecular complexity index is 1260. The van der Waals surface area contributed by atoms with E-state index in [0.717, 1.165) is 66.5 Å². The number of rotatable bonds is 9. The first-order valence-electron chi connectivity index (χ1n) is 13.4. The number of hydrogen-bond donors (Lipinski definition) is 2. The van der Waals surface area contributed by atoms with Crippen LogP contribution in [0.5, 0.6) is 0 Å². The highest BCUT2D eigenvalue weighted by molar-refractivity contribution is 5.91. The van der Waals surface area contributed by atoms with Gasteiger partial charge in [0.15, 0.2) is 0 Å². The summed E-state index contributed by atoms with van der Waals surface area (Å²) in [5.41, 5.74) is 2.74. The van der Waals surface area contributed by atoms with Crippen LogP contribution in [-0.2, 0) is 16.0 Å². The number of alkyl carbamates (subject to hydrolysis) is 1. The second-order valence-corrected chi connectivity index (χ2v) is 11.1. The van der Waals surface area contributed by atoms with Crippen molar-refractivity contribution in [2.75, 3.05) is 19.6 Å². The number of benzene rings is 2. The Kier molecular flexibility index (Phi) is 8.69. The van der Waals surface area contributed by atoms with Crippen LogP contribution in [0.4, 0.5) is 13.6 Å². The largest absolute Gasteiger partial charge is 0.444 e. The molecule has 1 atom stereocenters. The SMILES string of the molecule is CC(C)(C)OC(=O)NCCCCC1CCN(C(=O)CCc2c(-c3ccc(F)cc3)[nH]c3ccc(F)cc23)C1. The number of aryl methyl sites for hydroxylation is 1. The molecule has 2 amide bonds. The molecule has 3 aromatic rings. The van der Waals surface area contributed by atoms with Crippen LogP contribution in [0, 0.1) is 17.6 Å². The zero-order valence-electron chi connectivity index (χ0n) is 22.4. The van der Waals surface area contributed by atoms with Crippen molar-refractivity contribution in [1.82, 2.24) is 15.2 Å². The smallest absolute Gasteiger partial charge is 0.407 e. The van der Waals surface area contributed by atoms with Gasteiger partial charge in [0.25, 0.3) is 0 Å². The number of ether oxygens (including phenoxy) is 1. The normalized spacial score (nSPS) is 15.7. The van der Waals surface area contributed by atoms with Gasteiger partial charge in [-0.05, 0) is 106 Å². The minimum atomic E-state index is -0.503. The third kappa shape index (κ3) is 7.33. The fourth-order valence-electron chi connectivity index (χ4n) is 5.09. The molecule has 204 valence electrons. The van der Waals surface area contributed by atoms with Gasteiger partial charge in [-0.25, -0.2) is 13.6 Å². The molecule has 6 nitrogen and oxygen atoms in total. The van der Waals surface area contributed by atoms with Crippen molar-refractivity contribution in [2.45, 2.75) is 64.9 Å². The first kappa shape index (κ1) is 27.6. The van der Waals surface area contributed by atoms with Crippen LogP contribution in [0.25, 0.3) is 22.2 Å². The molecule has 0 bridgehead atoms. The van der Waals surface area contributed by atoms with E-state index in [-0.39, 0.29) is 17.5 Å². The summed E-state index contributed by atoms with van der Waals surface area (Å²) in [6.45, 7) is 7.57. The van der Waals surface area contributed by atoms with E-state index in [1.54, 1.807) is 18.2 Å². The predicted molar refractivity (Wildman–Crippen MR) is 145 cm³/mol. The number of hydrogen-bond acceptors (Lipinski definition) is 3. The minimum Gasteiger partial charge on any atom is -0.444 e. The molecule has 1 aromatic heterocycles. The van der Waals surface area contributed by atoms with Gasteiger partial charge >= 0.3 is 6.09 Å². The fraction of sp³-hybridized carbons (Fsp3) is 0.467. The topological polar surface area (TPSA) is 74.4 Å². The molecule has 1 saturated heterocycles. The Labute approximate surface area is 222 Å². The average Bonchev–Trinajstić information content (AvgIpc) is 3.46. The molecule has 0 aliphatic carbocycles. The predicted octanol–water partition coefficient (Wildman–Crippen LogP) is 6.59. The Morgan fingerprint density at radius 2 is 1.82 bits per heavy atom. The Morgan fingerprint density at radius 3 is 2.55 bits per heavy atom. The second kappa shape index (κ2) is 12.0. The van der Waals surface area contributed by atoms with Crippen molar-refractivity contribution < 1.29 is 23.1 Å². The summed E-state index contributed by atoms with van der Waals surface area (Å²) in [5.74, 6) is -0.110. The van der Waals surface area contributed by atoms with Crippen molar-refractivity contribution in [3.05, 3.63) is 59.7 Å². The molecule has 0 spiro atoms. The van der Waals surface area contributed by atoms with Crippen LogP contribution >= 0.6 is 0 Å². The van der Waals surface area contributed by atoms with Gasteiger partial charge < -0.3 is 19.9 Å². The highest BCUT2D eigenvalue weighted by Gasteiger charge is 2.26. The van der Waals surface area contributed by atoms with E-state index in [9.17, 15) is 18.4 Å². The summed E-state index contributed by atoms with van der Waals surface area (Å²) in [7, 11) is 0. The number of aromatic nitrogens is 1. The average molecular weight is 526 g/mol. The molecule has 1 aliphatic heterocycles. The number of amides is 2. The Morgan fingerprint density at radius 1 is 1.08 bits per heavy atom. The number of H-pyrrole nitrogens is 1. The van der Waals surface area contributed by atoms with Crippen LogP contribution in [0.3, 0.4) is 0 Å². The molecule has 0 radical (unpaired) electrons. The maximum Gasteiger partial charge on any atom is 0.407 e. The van der Waals surface area contributed by atoms with Gasteiger partial charge in [0.2, 0.25) is 5.91 Å². The number of nitrogens with zero attached hydrogens (tertiary/aromatic N) is 1. The highest BCUT2D eigenvalue weighted by Crippen LogP contribution is 2.32. The summed E-state index contributed by atoms with van der Waals surface area (Å²) < 4.78 is 32.8. The van der Waals surface area contributed by atoms with Crippen LogP contribution in [-0.4, -0.2) is 47.1 Å². The monoisotopic (exact) mass is 525 g/mol. The standard InChI is InChI=1S/C30H37F2N3O3/c1-30(2,3)38-29(37)33-16-5-4-6-20-15-17-35(19-20)27(36)14-12-24-25-18-23(32)11-13-26(25)34-28(24)21-7-9-22(31)10-8-21/h7-11,13,18,20,34H,4-6,12,14-17,19H2,1-3H3,(H,33,37). The molecular weight excluding hydrogens is 488 g/mol. The lowest BCUT2D eigenvalue weighted by molar-refractivity contribution is -0.130. The molecule has 1 aliphatic rings. The van der Waals surface area contributed by atoms with Gasteiger partial charge in [-0.2, -0.15) is 0 Å². The second-order valence-electron chi connectivity index (χ2n) is 11.1. The molecule has 0 saturated carbocycles. The summed E-state index contributed by atoms with van der Waals surface area (Å²) in [6.07, 6.45) is 4.23. The van der Waals surface area contributed by atoms with E-state index in [2.05, 4.69) is 10.3 Å². The molecule has 4 rings (SSSR count). The van der Waals surface area contributed by atoms with Crippen LogP contribution in [0.1, 0.15) is 58.4 Å². The number of nitrogens with one attached hydrogen (secondary N) is 2. The summed E-state index contributed by atoms with van der Waals surface area (Å²) in [5, 5.41) is 3.53. The molecule has 2 N–H and O–H groups in total. The molecule has 8 heteroatoms. The number of unbranched alkanes of at least 4 members (excludes halogenated alkanes) is 1. The lowest BCUT2D eigenvalue weighted by Crippen LogP contribution is -2.33. The number of aromatic amines is 1. The van der Waals surface area contributed by atoms with E-state index in [0.29, 0.717) is 25.3 Å². The van der Waals surface area contributed by atoms with E-state index in [1.807, 2.05) is 25.7 Å². The van der Waals surface area contributed by atoms with Crippen LogP contribution in [0.2, 0.25) is 0 Å². The van der Waals surface area contributed by atoms with Crippen molar-refractivity contribution in [3.63, 3.8) is 0 Å². The minimum absolute atomic E-state index is 0.0925. The van der Waals surface area contributed by atoms with Gasteiger partial charge in [0.05, 0.1) is 0 Å². The van der Waals surface area contributed by atoms with Gasteiger partial charge in [-0.1, -0.05) is 6.42 Å². The Balaban J connectivity index is 1.29. The molecule has 2 aromatic carbocycles. The maximum absolute atomic E-state index is 14.1. The van der Waals surface area contributed by atoms with Crippen molar-refractivity contribution in [2.24, 2.45) is 5.92 Å². The van der Waals surface area contributed by atoms with E-state index in [4.69, 9.17) is 4.74 Å². The molecular formula is C30H37F2N3O3. The third-order valence-corrected chi connectivity index (χ3v) is 6.94. The quantitative estimate of drug-likeness (QED) is 0.310. The molecule has 1 fully saturated rings. The summed E-state index contributed by atoms with van der Waals surface area (Å²) in [6, 6.07) is 10.8. The number of carbonyl (C=O) groups is 2. The van der Waals surface area contributed by atoms with Gasteiger partial charge in [0.1, 0.15) is 17.2 Å². The maximum atomic E-state index is 14.1. The van der Waals surface area contributed by atoms with E-state index >= 15 is 0 Å². The number of fused-ring (bicyclic) bond motifs is 1. The number of likely N-dealkylation sites (tertiary alicyclic amines) is 1. The number of carbonyl (C=O) groups excluding carboxylic acids is 2. The molecule has 38 heavy (non-hydrogen) atoms. The first-order chi connectivity index (χ1) is 18.1. The summed E-state index contributed by atoms with van der Waals surface area (Å²) in [4.78, 5) is 30.1. The fourth-order valence-corrected chi connectivity index (χ4v) is 5.09. The highest BCUT2D eigenvalue weighted by atomic mass is 19.1. The van der Waals surface area contributed by atoms with Gasteiger partial charge in [-0.3, -0.25) is 4.79 Å². The number of halogens is 2. The van der Waals surface area contributed by atoms with Crippen LogP contribution in [0.15, 0.2) is 42.5 Å². The van der Waals surface area contributed by atoms with Crippen molar-refractivity contribution in [3.8, 4) is 11.3 Å². The molecule has 1 unspecified atom stereocenters. The zero-order chi connectivity index (χ0) is 27.3.